The van der Waals surface area contributed by atoms with Crippen LogP contribution in [0.4, 0.5) is 14.3 Å². The maximum absolute atomic E-state index is 13.1. The fourth-order valence-electron chi connectivity index (χ4n) is 2.17. The highest BCUT2D eigenvalue weighted by atomic mass is 32.1. The molecule has 0 aliphatic carbocycles. The van der Waals surface area contributed by atoms with E-state index in [1.165, 1.54) is 23.5 Å². The van der Waals surface area contributed by atoms with E-state index in [1.807, 2.05) is 19.0 Å². The van der Waals surface area contributed by atoms with Crippen LogP contribution in [0, 0.1) is 5.82 Å². The number of hydrogen-bond acceptors (Lipinski definition) is 5. The minimum Gasteiger partial charge on any atom is -0.319 e. The van der Waals surface area contributed by atoms with Crippen molar-refractivity contribution in [3.63, 3.8) is 0 Å². The summed E-state index contributed by atoms with van der Waals surface area (Å²) in [5.41, 5.74) is 0.874. The number of nitrogens with zero attached hydrogens (tertiary/aromatic N) is 4. The number of aryl methyl sites for hydroxylation is 1. The smallest absolute Gasteiger partial charge is 0.319 e. The number of likely N-dealkylation sites (N-methyl/N-ethyl adjacent to an activating group) is 1. The number of benzene rings is 1. The first-order chi connectivity index (χ1) is 12.0. The van der Waals surface area contributed by atoms with Gasteiger partial charge in [0, 0.05) is 26.1 Å². The summed E-state index contributed by atoms with van der Waals surface area (Å²) in [7, 11) is 3.91. The maximum Gasteiger partial charge on any atom is 0.324 e. The van der Waals surface area contributed by atoms with Gasteiger partial charge in [0.15, 0.2) is 0 Å². The van der Waals surface area contributed by atoms with Gasteiger partial charge in [-0.25, -0.2) is 9.18 Å². The minimum absolute atomic E-state index is 0.231. The molecule has 0 fully saturated rings. The second-order valence-corrected chi connectivity index (χ2v) is 7.09. The summed E-state index contributed by atoms with van der Waals surface area (Å²) in [5.74, 6) is -0.287. The Bertz CT molecular complexity index is 674. The van der Waals surface area contributed by atoms with Crippen LogP contribution in [0.1, 0.15) is 23.9 Å². The van der Waals surface area contributed by atoms with E-state index < -0.39 is 0 Å². The minimum atomic E-state index is -0.287. The van der Waals surface area contributed by atoms with Gasteiger partial charge in [-0.2, -0.15) is 0 Å². The fraction of sp³-hybridized carbons (Fsp3) is 0.471. The molecule has 1 aromatic carbocycles. The van der Waals surface area contributed by atoms with E-state index in [2.05, 4.69) is 22.4 Å². The molecule has 0 aliphatic rings. The second kappa shape index (κ2) is 9.43. The first-order valence-electron chi connectivity index (χ1n) is 8.25. The third kappa shape index (κ3) is 6.39. The van der Waals surface area contributed by atoms with Gasteiger partial charge in [0.2, 0.25) is 5.13 Å². The van der Waals surface area contributed by atoms with Crippen LogP contribution in [-0.2, 0) is 13.0 Å². The van der Waals surface area contributed by atoms with Gasteiger partial charge in [-0.15, -0.1) is 10.2 Å². The summed E-state index contributed by atoms with van der Waals surface area (Å²) < 4.78 is 13.1. The molecule has 1 aromatic heterocycles. The molecule has 2 aromatic rings. The van der Waals surface area contributed by atoms with Crippen molar-refractivity contribution in [1.82, 2.24) is 20.0 Å². The molecule has 0 saturated heterocycles. The summed E-state index contributed by atoms with van der Waals surface area (Å²) in [6, 6.07) is 5.95. The highest BCUT2D eigenvalue weighted by Crippen LogP contribution is 2.17. The molecule has 2 amide bonds. The molecule has 8 heteroatoms. The molecule has 0 radical (unpaired) electrons. The van der Waals surface area contributed by atoms with Crippen molar-refractivity contribution >= 4 is 22.5 Å². The average Bonchev–Trinajstić information content (AvgIpc) is 3.00. The lowest BCUT2D eigenvalue weighted by molar-refractivity contribution is 0.202. The summed E-state index contributed by atoms with van der Waals surface area (Å²) >= 11 is 1.40. The first kappa shape index (κ1) is 19.3. The van der Waals surface area contributed by atoms with Gasteiger partial charge in [0.25, 0.3) is 0 Å². The molecule has 1 heterocycles. The van der Waals surface area contributed by atoms with Gasteiger partial charge in [-0.3, -0.25) is 5.32 Å². The van der Waals surface area contributed by atoms with Gasteiger partial charge in [0.1, 0.15) is 10.8 Å². The normalized spacial score (nSPS) is 10.9. The lowest BCUT2D eigenvalue weighted by Crippen LogP contribution is -2.39. The third-order valence-corrected chi connectivity index (χ3v) is 4.43. The topological polar surface area (TPSA) is 61.4 Å². The predicted molar refractivity (Wildman–Crippen MR) is 98.3 cm³/mol. The van der Waals surface area contributed by atoms with Gasteiger partial charge in [-0.1, -0.05) is 30.4 Å². The number of aromatic nitrogens is 2. The van der Waals surface area contributed by atoms with E-state index in [1.54, 1.807) is 17.0 Å². The van der Waals surface area contributed by atoms with Crippen molar-refractivity contribution < 1.29 is 9.18 Å². The van der Waals surface area contributed by atoms with E-state index in [4.69, 9.17) is 0 Å². The van der Waals surface area contributed by atoms with Crippen LogP contribution in [0.3, 0.4) is 0 Å². The Morgan fingerprint density at radius 2 is 1.92 bits per heavy atom. The Labute approximate surface area is 151 Å². The largest absolute Gasteiger partial charge is 0.324 e. The number of amides is 2. The zero-order valence-electron chi connectivity index (χ0n) is 14.8. The number of urea groups is 1. The van der Waals surface area contributed by atoms with Crippen LogP contribution in [-0.4, -0.2) is 53.2 Å². The zero-order chi connectivity index (χ0) is 18.2. The summed E-state index contributed by atoms with van der Waals surface area (Å²) in [6.45, 7) is 3.76. The number of carbonyl (C=O) groups excluding carboxylic acids is 1. The SMILES string of the molecule is CCCc1nnc(NC(=O)N(CCN(C)C)Cc2ccc(F)cc2)s1. The number of anilines is 1. The quantitative estimate of drug-likeness (QED) is 0.780. The first-order valence-corrected chi connectivity index (χ1v) is 9.07. The summed E-state index contributed by atoms with van der Waals surface area (Å²) in [5, 5.41) is 12.3. The molecule has 25 heavy (non-hydrogen) atoms. The molecular weight excluding hydrogens is 341 g/mol. The van der Waals surface area contributed by atoms with Gasteiger partial charge in [-0.05, 0) is 38.2 Å². The van der Waals surface area contributed by atoms with Crippen molar-refractivity contribution in [3.05, 3.63) is 40.7 Å². The monoisotopic (exact) mass is 365 g/mol. The highest BCUT2D eigenvalue weighted by Gasteiger charge is 2.16. The molecule has 0 saturated carbocycles. The van der Waals surface area contributed by atoms with Crippen molar-refractivity contribution in [1.29, 1.82) is 0 Å². The van der Waals surface area contributed by atoms with E-state index >= 15 is 0 Å². The van der Waals surface area contributed by atoms with Crippen molar-refractivity contribution in [2.75, 3.05) is 32.5 Å². The molecule has 136 valence electrons. The van der Waals surface area contributed by atoms with Crippen LogP contribution in [0.15, 0.2) is 24.3 Å². The van der Waals surface area contributed by atoms with Crippen molar-refractivity contribution in [2.24, 2.45) is 0 Å². The molecule has 2 rings (SSSR count). The van der Waals surface area contributed by atoms with Gasteiger partial charge in [0.05, 0.1) is 0 Å². The van der Waals surface area contributed by atoms with E-state index in [0.29, 0.717) is 18.2 Å². The number of halogens is 1. The van der Waals surface area contributed by atoms with Gasteiger partial charge >= 0.3 is 6.03 Å². The molecule has 1 N–H and O–H groups in total. The number of carbonyl (C=O) groups is 1. The van der Waals surface area contributed by atoms with Crippen LogP contribution in [0.2, 0.25) is 0 Å². The van der Waals surface area contributed by atoms with Crippen molar-refractivity contribution in [2.45, 2.75) is 26.3 Å². The molecule has 0 spiro atoms. The summed E-state index contributed by atoms with van der Waals surface area (Å²) in [6.07, 6.45) is 1.84. The van der Waals surface area contributed by atoms with Crippen LogP contribution in [0.5, 0.6) is 0 Å². The molecular formula is C17H24FN5OS. The molecule has 6 nitrogen and oxygen atoms in total. The Hall–Kier alpha value is -2.06. The maximum atomic E-state index is 13.1. The zero-order valence-corrected chi connectivity index (χ0v) is 15.6. The standard InChI is InChI=1S/C17H24FN5OS/c1-4-5-15-20-21-16(25-15)19-17(24)23(11-10-22(2)3)12-13-6-8-14(18)9-7-13/h6-9H,4-5,10-12H2,1-3H3,(H,19,21,24). The Morgan fingerprint density at radius 1 is 1.20 bits per heavy atom. The molecule has 0 aliphatic heterocycles. The fourth-order valence-corrected chi connectivity index (χ4v) is 3.00. The van der Waals surface area contributed by atoms with Crippen LogP contribution in [0.25, 0.3) is 0 Å². The average molecular weight is 365 g/mol. The number of hydrogen-bond donors (Lipinski definition) is 1. The van der Waals surface area contributed by atoms with Gasteiger partial charge < -0.3 is 9.80 Å². The molecule has 0 unspecified atom stereocenters. The summed E-state index contributed by atoms with van der Waals surface area (Å²) in [4.78, 5) is 16.3. The van der Waals surface area contributed by atoms with E-state index in [-0.39, 0.29) is 11.8 Å². The Kier molecular flexibility index (Phi) is 7.27. The van der Waals surface area contributed by atoms with Crippen LogP contribution >= 0.6 is 11.3 Å². The highest BCUT2D eigenvalue weighted by molar-refractivity contribution is 7.15. The Morgan fingerprint density at radius 3 is 2.56 bits per heavy atom. The molecule has 0 bridgehead atoms. The van der Waals surface area contributed by atoms with Crippen LogP contribution < -0.4 is 5.32 Å². The number of nitrogens with one attached hydrogen (secondary N) is 1. The van der Waals surface area contributed by atoms with E-state index in [0.717, 1.165) is 30.0 Å². The molecule has 0 atom stereocenters. The third-order valence-electron chi connectivity index (χ3n) is 3.54. The van der Waals surface area contributed by atoms with E-state index in [9.17, 15) is 9.18 Å². The second-order valence-electron chi connectivity index (χ2n) is 6.03. The predicted octanol–water partition coefficient (Wildman–Crippen LogP) is 3.23. The van der Waals surface area contributed by atoms with Crippen molar-refractivity contribution in [3.8, 4) is 0 Å². The lowest BCUT2D eigenvalue weighted by Gasteiger charge is -2.24. The number of rotatable bonds is 8. The lowest BCUT2D eigenvalue weighted by atomic mass is 10.2. The Balaban J connectivity index is 2.04.